The summed E-state index contributed by atoms with van der Waals surface area (Å²) >= 11 is 0. The summed E-state index contributed by atoms with van der Waals surface area (Å²) in [4.78, 5) is 29.7. The smallest absolute Gasteiger partial charge is 0.250 e. The van der Waals surface area contributed by atoms with Crippen LogP contribution in [0.5, 0.6) is 0 Å². The molecule has 2 fully saturated rings. The average Bonchev–Trinajstić information content (AvgIpc) is 2.74. The molecule has 2 saturated heterocycles. The van der Waals surface area contributed by atoms with E-state index in [1.807, 2.05) is 21.3 Å². The molecule has 0 amide bonds. The van der Waals surface area contributed by atoms with Crippen molar-refractivity contribution in [1.29, 1.82) is 0 Å². The van der Waals surface area contributed by atoms with E-state index in [1.165, 1.54) is 24.2 Å². The molecule has 0 saturated carbocycles. The predicted octanol–water partition coefficient (Wildman–Crippen LogP) is 1.55. The van der Waals surface area contributed by atoms with E-state index < -0.39 is 0 Å². The molecule has 0 unspecified atom stereocenters. The summed E-state index contributed by atoms with van der Waals surface area (Å²) in [6.07, 6.45) is 2.44. The number of fused-ring (bicyclic) bond motifs is 8. The van der Waals surface area contributed by atoms with Gasteiger partial charge in [0.2, 0.25) is 0 Å². The molecule has 6 rings (SSSR count). The van der Waals surface area contributed by atoms with Crippen molar-refractivity contribution in [2.24, 2.45) is 11.8 Å². The van der Waals surface area contributed by atoms with Crippen LogP contribution in [0.25, 0.3) is 0 Å². The normalized spacial score (nSPS) is 30.5. The highest BCUT2D eigenvalue weighted by Gasteiger charge is 2.36. The summed E-state index contributed by atoms with van der Waals surface area (Å²) in [6.45, 7) is 8.31. The van der Waals surface area contributed by atoms with Gasteiger partial charge in [0, 0.05) is 87.7 Å². The van der Waals surface area contributed by atoms with E-state index in [1.54, 1.807) is 12.1 Å². The topological polar surface area (TPSA) is 50.5 Å². The lowest BCUT2D eigenvalue weighted by Gasteiger charge is -2.45. The van der Waals surface area contributed by atoms with Crippen LogP contribution in [0.4, 0.5) is 0 Å². The fraction of sp³-hybridized carbons (Fsp3) is 0.583. The maximum atomic E-state index is 12.2. The first-order valence-corrected chi connectivity index (χ1v) is 11.5. The Labute approximate surface area is 176 Å². The quantitative estimate of drug-likeness (QED) is 0.776. The number of pyridine rings is 2. The monoisotopic (exact) mass is 406 g/mol. The zero-order chi connectivity index (χ0) is 20.2. The highest BCUT2D eigenvalue weighted by molar-refractivity contribution is 5.18. The molecule has 0 aliphatic carbocycles. The number of piperidine rings is 2. The van der Waals surface area contributed by atoms with Crippen molar-refractivity contribution in [3.63, 3.8) is 0 Å². The summed E-state index contributed by atoms with van der Waals surface area (Å²) < 4.78 is 4.03. The second-order valence-electron chi connectivity index (χ2n) is 9.92. The number of nitrogens with zero attached hydrogens (tertiary/aromatic N) is 4. The molecule has 2 aromatic rings. The third kappa shape index (κ3) is 3.17. The van der Waals surface area contributed by atoms with E-state index in [9.17, 15) is 9.59 Å². The van der Waals surface area contributed by atoms with Gasteiger partial charge in [0.15, 0.2) is 0 Å². The predicted molar refractivity (Wildman–Crippen MR) is 116 cm³/mol. The number of aromatic nitrogens is 2. The third-order valence-electron chi connectivity index (χ3n) is 7.84. The summed E-state index contributed by atoms with van der Waals surface area (Å²) in [5.74, 6) is 2.17. The van der Waals surface area contributed by atoms with E-state index in [0.29, 0.717) is 23.7 Å². The third-order valence-corrected chi connectivity index (χ3v) is 7.84. The fourth-order valence-electron chi connectivity index (χ4n) is 6.64. The van der Waals surface area contributed by atoms with Crippen LogP contribution < -0.4 is 11.1 Å². The second-order valence-corrected chi connectivity index (χ2v) is 9.92. The molecule has 4 bridgehead atoms. The highest BCUT2D eigenvalue weighted by atomic mass is 16.1. The van der Waals surface area contributed by atoms with Gasteiger partial charge in [-0.05, 0) is 36.8 Å². The molecular formula is C24H30N4O2. The van der Waals surface area contributed by atoms with Crippen LogP contribution in [0.1, 0.15) is 36.1 Å². The summed E-state index contributed by atoms with van der Waals surface area (Å²) in [7, 11) is 0. The van der Waals surface area contributed by atoms with Crippen LogP contribution >= 0.6 is 0 Å². The molecule has 158 valence electrons. The first-order chi connectivity index (χ1) is 14.6. The molecule has 6 nitrogen and oxygen atoms in total. The maximum Gasteiger partial charge on any atom is 0.250 e. The van der Waals surface area contributed by atoms with E-state index in [4.69, 9.17) is 0 Å². The minimum absolute atomic E-state index is 0.162. The lowest BCUT2D eigenvalue weighted by atomic mass is 9.82. The molecule has 4 aliphatic rings. The molecular weight excluding hydrogens is 376 g/mol. The van der Waals surface area contributed by atoms with Gasteiger partial charge < -0.3 is 18.9 Å². The number of rotatable bonds is 3. The van der Waals surface area contributed by atoms with Crippen molar-refractivity contribution in [1.82, 2.24) is 18.9 Å². The summed E-state index contributed by atoms with van der Waals surface area (Å²) in [5.41, 5.74) is 2.79. The number of likely N-dealkylation sites (tertiary alicyclic amines) is 2. The average molecular weight is 407 g/mol. The van der Waals surface area contributed by atoms with Crippen LogP contribution in [0.15, 0.2) is 46.0 Å². The van der Waals surface area contributed by atoms with Crippen LogP contribution in [-0.2, 0) is 13.1 Å². The fourth-order valence-corrected chi connectivity index (χ4v) is 6.64. The van der Waals surface area contributed by atoms with Crippen molar-refractivity contribution < 1.29 is 0 Å². The summed E-state index contributed by atoms with van der Waals surface area (Å²) in [6, 6.07) is 11.5. The Hall–Kier alpha value is -2.18. The standard InChI is InChI=1S/C24H30N4O2/c29-23-5-1-3-21-19-9-17(13-27(21)23)11-25(15-19)7-8-26-12-18-10-20(16-26)22-4-2-6-24(30)28(22)14-18/h1-6,17-20H,7-16H2/t17-,18+,19-,20+. The highest BCUT2D eigenvalue weighted by Crippen LogP contribution is 2.36. The Morgan fingerprint density at radius 1 is 0.633 bits per heavy atom. The zero-order valence-electron chi connectivity index (χ0n) is 17.4. The van der Waals surface area contributed by atoms with Gasteiger partial charge in [-0.2, -0.15) is 0 Å². The van der Waals surface area contributed by atoms with Gasteiger partial charge >= 0.3 is 0 Å². The molecule has 4 aliphatic heterocycles. The molecule has 6 heteroatoms. The Bertz CT molecular complexity index is 988. The number of hydrogen-bond donors (Lipinski definition) is 0. The molecule has 30 heavy (non-hydrogen) atoms. The SMILES string of the molecule is O=c1cccc2n1C[C@@H]1C[C@@H]2CN(CCN2C[C@@H]3C[C@@H](C2)c2cccc(=O)n2C3)C1. The van der Waals surface area contributed by atoms with Crippen LogP contribution in [0.2, 0.25) is 0 Å². The Morgan fingerprint density at radius 2 is 1.10 bits per heavy atom. The van der Waals surface area contributed by atoms with Crippen molar-refractivity contribution in [2.45, 2.75) is 37.8 Å². The maximum absolute atomic E-state index is 12.2. The molecule has 2 aromatic heterocycles. The van der Waals surface area contributed by atoms with Gasteiger partial charge in [-0.3, -0.25) is 9.59 Å². The molecule has 4 atom stereocenters. The van der Waals surface area contributed by atoms with Gasteiger partial charge in [0.25, 0.3) is 11.1 Å². The van der Waals surface area contributed by atoms with E-state index in [2.05, 4.69) is 21.9 Å². The van der Waals surface area contributed by atoms with E-state index in [0.717, 1.165) is 52.4 Å². The van der Waals surface area contributed by atoms with Gasteiger partial charge in [0.1, 0.15) is 0 Å². The first-order valence-electron chi connectivity index (χ1n) is 11.5. The van der Waals surface area contributed by atoms with Crippen LogP contribution in [-0.4, -0.2) is 58.2 Å². The van der Waals surface area contributed by atoms with Crippen molar-refractivity contribution in [2.75, 3.05) is 39.3 Å². The summed E-state index contributed by atoms with van der Waals surface area (Å²) in [5, 5.41) is 0. The molecule has 0 spiro atoms. The van der Waals surface area contributed by atoms with Gasteiger partial charge in [-0.15, -0.1) is 0 Å². The molecule has 0 radical (unpaired) electrons. The Morgan fingerprint density at radius 3 is 1.57 bits per heavy atom. The second kappa shape index (κ2) is 7.20. The van der Waals surface area contributed by atoms with Crippen LogP contribution in [0, 0.1) is 11.8 Å². The first kappa shape index (κ1) is 18.6. The Kier molecular flexibility index (Phi) is 4.46. The molecule has 0 aromatic carbocycles. The van der Waals surface area contributed by atoms with Crippen molar-refractivity contribution in [3.8, 4) is 0 Å². The Balaban J connectivity index is 1.12. The van der Waals surface area contributed by atoms with Gasteiger partial charge in [-0.1, -0.05) is 12.1 Å². The van der Waals surface area contributed by atoms with E-state index >= 15 is 0 Å². The molecule has 6 heterocycles. The van der Waals surface area contributed by atoms with Crippen molar-refractivity contribution >= 4 is 0 Å². The lowest BCUT2D eigenvalue weighted by molar-refractivity contribution is 0.0793. The van der Waals surface area contributed by atoms with E-state index in [-0.39, 0.29) is 11.1 Å². The van der Waals surface area contributed by atoms with Crippen molar-refractivity contribution in [3.05, 3.63) is 68.5 Å². The largest absolute Gasteiger partial charge is 0.312 e. The van der Waals surface area contributed by atoms with Crippen LogP contribution in [0.3, 0.4) is 0 Å². The zero-order valence-corrected chi connectivity index (χ0v) is 17.4. The number of hydrogen-bond acceptors (Lipinski definition) is 4. The molecule has 0 N–H and O–H groups in total. The minimum atomic E-state index is 0.162. The minimum Gasteiger partial charge on any atom is -0.312 e. The lowest BCUT2D eigenvalue weighted by Crippen LogP contribution is -2.51. The van der Waals surface area contributed by atoms with Gasteiger partial charge in [-0.25, -0.2) is 0 Å². The van der Waals surface area contributed by atoms with Gasteiger partial charge in [0.05, 0.1) is 0 Å².